The fourth-order valence-electron chi connectivity index (χ4n) is 2.27. The van der Waals surface area contributed by atoms with E-state index in [2.05, 4.69) is 10.7 Å². The number of aliphatic hydroxyl groups is 2. The molecule has 7 heteroatoms. The van der Waals surface area contributed by atoms with E-state index in [0.29, 0.717) is 0 Å². The van der Waals surface area contributed by atoms with E-state index >= 15 is 0 Å². The molecule has 0 aliphatic heterocycles. The Morgan fingerprint density at radius 2 is 2.28 bits per heavy atom. The van der Waals surface area contributed by atoms with Gasteiger partial charge in [0.25, 0.3) is 0 Å². The number of carbonyl (C=O) groups excluding carboxylic acids is 1. The van der Waals surface area contributed by atoms with Crippen LogP contribution in [0.5, 0.6) is 0 Å². The van der Waals surface area contributed by atoms with Crippen LogP contribution in [0.4, 0.5) is 0 Å². The second-order valence-corrected chi connectivity index (χ2v) is 4.53. The molecule has 0 bridgehead atoms. The quantitative estimate of drug-likeness (QED) is 0.300. The maximum atomic E-state index is 11.7. The van der Waals surface area contributed by atoms with Gasteiger partial charge in [0.05, 0.1) is 13.2 Å². The SMILES string of the molecule is C#C[C@]1(O)CC[C@@](C[N+](=O)[O-])(C(=O)OC)[C@@H](O)C1. The van der Waals surface area contributed by atoms with Gasteiger partial charge < -0.3 is 14.9 Å². The summed E-state index contributed by atoms with van der Waals surface area (Å²) >= 11 is 0. The number of hydrogen-bond acceptors (Lipinski definition) is 6. The van der Waals surface area contributed by atoms with Crippen molar-refractivity contribution in [2.45, 2.75) is 31.0 Å². The molecule has 1 saturated carbocycles. The molecule has 1 aliphatic rings. The van der Waals surface area contributed by atoms with Crippen molar-refractivity contribution in [3.8, 4) is 12.3 Å². The molecule has 0 saturated heterocycles. The number of hydrogen-bond donors (Lipinski definition) is 2. The predicted molar refractivity (Wildman–Crippen MR) is 60.0 cm³/mol. The van der Waals surface area contributed by atoms with Crippen molar-refractivity contribution in [1.29, 1.82) is 0 Å². The predicted octanol–water partition coefficient (Wildman–Crippen LogP) is -0.668. The summed E-state index contributed by atoms with van der Waals surface area (Å²) in [4.78, 5) is 21.7. The van der Waals surface area contributed by atoms with E-state index in [-0.39, 0.29) is 19.3 Å². The van der Waals surface area contributed by atoms with Gasteiger partial charge in [-0.25, -0.2) is 0 Å². The van der Waals surface area contributed by atoms with Crippen LogP contribution in [0.25, 0.3) is 0 Å². The number of carbonyl (C=O) groups is 1. The van der Waals surface area contributed by atoms with Gasteiger partial charge >= 0.3 is 5.97 Å². The minimum Gasteiger partial charge on any atom is -0.468 e. The fourth-order valence-corrected chi connectivity index (χ4v) is 2.27. The Hall–Kier alpha value is -1.65. The first-order chi connectivity index (χ1) is 8.29. The summed E-state index contributed by atoms with van der Waals surface area (Å²) in [5.74, 6) is 1.28. The molecule has 0 radical (unpaired) electrons. The first-order valence-electron chi connectivity index (χ1n) is 5.38. The Morgan fingerprint density at radius 1 is 1.67 bits per heavy atom. The molecule has 100 valence electrons. The van der Waals surface area contributed by atoms with Crippen molar-refractivity contribution >= 4 is 5.97 Å². The van der Waals surface area contributed by atoms with Crippen molar-refractivity contribution in [3.63, 3.8) is 0 Å². The van der Waals surface area contributed by atoms with Gasteiger partial charge in [-0.2, -0.15) is 0 Å². The van der Waals surface area contributed by atoms with E-state index in [1.165, 1.54) is 0 Å². The Morgan fingerprint density at radius 3 is 2.67 bits per heavy atom. The van der Waals surface area contributed by atoms with Crippen molar-refractivity contribution in [1.82, 2.24) is 0 Å². The molecule has 1 rings (SSSR count). The molecule has 1 aliphatic carbocycles. The number of ether oxygens (including phenoxy) is 1. The van der Waals surface area contributed by atoms with Crippen molar-refractivity contribution < 1.29 is 24.7 Å². The maximum Gasteiger partial charge on any atom is 0.321 e. The topological polar surface area (TPSA) is 110 Å². The molecule has 7 nitrogen and oxygen atoms in total. The summed E-state index contributed by atoms with van der Waals surface area (Å²) in [5.41, 5.74) is -3.17. The summed E-state index contributed by atoms with van der Waals surface area (Å²) in [6.07, 6.45) is 3.35. The van der Waals surface area contributed by atoms with Crippen LogP contribution in [0.1, 0.15) is 19.3 Å². The zero-order chi connectivity index (χ0) is 14.0. The largest absolute Gasteiger partial charge is 0.468 e. The van der Waals surface area contributed by atoms with Crippen LogP contribution in [0.2, 0.25) is 0 Å². The molecule has 0 aromatic rings. The minimum atomic E-state index is -1.64. The van der Waals surface area contributed by atoms with Gasteiger partial charge in [0.2, 0.25) is 6.54 Å². The summed E-state index contributed by atoms with van der Waals surface area (Å²) in [6.45, 7) is -0.749. The van der Waals surface area contributed by atoms with Gasteiger partial charge in [-0.05, 0) is 12.8 Å². The van der Waals surface area contributed by atoms with E-state index in [4.69, 9.17) is 6.42 Å². The third-order valence-electron chi connectivity index (χ3n) is 3.43. The van der Waals surface area contributed by atoms with Crippen LogP contribution in [0.3, 0.4) is 0 Å². The van der Waals surface area contributed by atoms with E-state index in [0.717, 1.165) is 7.11 Å². The molecule has 0 aromatic carbocycles. The highest BCUT2D eigenvalue weighted by molar-refractivity contribution is 5.78. The summed E-state index contributed by atoms with van der Waals surface area (Å²) in [5, 5.41) is 30.5. The average Bonchev–Trinajstić information content (AvgIpc) is 2.31. The molecule has 0 aromatic heterocycles. The average molecular weight is 257 g/mol. The highest BCUT2D eigenvalue weighted by atomic mass is 16.6. The van der Waals surface area contributed by atoms with Crippen LogP contribution >= 0.6 is 0 Å². The van der Waals surface area contributed by atoms with Crippen LogP contribution in [-0.4, -0.2) is 46.5 Å². The zero-order valence-corrected chi connectivity index (χ0v) is 9.96. The summed E-state index contributed by atoms with van der Waals surface area (Å²) in [6, 6.07) is 0. The molecule has 0 unspecified atom stereocenters. The molecular weight excluding hydrogens is 242 g/mol. The van der Waals surface area contributed by atoms with Gasteiger partial charge in [0.15, 0.2) is 5.41 Å². The second-order valence-electron chi connectivity index (χ2n) is 4.53. The van der Waals surface area contributed by atoms with Crippen molar-refractivity contribution in [3.05, 3.63) is 10.1 Å². The van der Waals surface area contributed by atoms with Gasteiger partial charge in [0.1, 0.15) is 5.60 Å². The molecular formula is C11H15NO6. The third kappa shape index (κ3) is 2.44. The van der Waals surface area contributed by atoms with Gasteiger partial charge in [-0.15, -0.1) is 6.42 Å². The standard InChI is InChI=1S/C11H15NO6/c1-3-10(15)4-5-11(7-12(16)17,8(13)6-10)9(14)18-2/h1,8,13,15H,4-7H2,2H3/t8-,10-,11-/m0/s1. The number of aliphatic hydroxyl groups excluding tert-OH is 1. The highest BCUT2D eigenvalue weighted by Gasteiger charge is 2.56. The zero-order valence-electron chi connectivity index (χ0n) is 9.96. The highest BCUT2D eigenvalue weighted by Crippen LogP contribution is 2.42. The lowest BCUT2D eigenvalue weighted by Crippen LogP contribution is -2.55. The molecule has 1 fully saturated rings. The summed E-state index contributed by atoms with van der Waals surface area (Å²) < 4.78 is 4.53. The van der Waals surface area contributed by atoms with E-state index in [9.17, 15) is 25.1 Å². The van der Waals surface area contributed by atoms with Crippen LogP contribution in [0, 0.1) is 27.9 Å². The van der Waals surface area contributed by atoms with Crippen molar-refractivity contribution in [2.75, 3.05) is 13.7 Å². The normalized spacial score (nSPS) is 35.6. The van der Waals surface area contributed by atoms with E-state index in [1.54, 1.807) is 0 Å². The number of nitrogens with zero attached hydrogens (tertiary/aromatic N) is 1. The molecule has 2 N–H and O–H groups in total. The van der Waals surface area contributed by atoms with Gasteiger partial charge in [-0.3, -0.25) is 14.9 Å². The number of esters is 1. The number of nitro groups is 1. The van der Waals surface area contributed by atoms with Crippen LogP contribution in [-0.2, 0) is 9.53 Å². The first kappa shape index (κ1) is 14.4. The first-order valence-corrected chi connectivity index (χ1v) is 5.38. The second kappa shape index (κ2) is 4.92. The lowest BCUT2D eigenvalue weighted by atomic mass is 9.66. The fraction of sp³-hybridized carbons (Fsp3) is 0.727. The summed E-state index contributed by atoms with van der Waals surface area (Å²) in [7, 11) is 1.10. The minimum absolute atomic E-state index is 0.00347. The van der Waals surface area contributed by atoms with Gasteiger partial charge in [0, 0.05) is 11.3 Å². The Labute approximate surface area is 104 Å². The van der Waals surface area contributed by atoms with Crippen molar-refractivity contribution in [2.24, 2.45) is 5.41 Å². The third-order valence-corrected chi connectivity index (χ3v) is 3.43. The Kier molecular flexibility index (Phi) is 3.94. The lowest BCUT2D eigenvalue weighted by molar-refractivity contribution is -0.499. The monoisotopic (exact) mass is 257 g/mol. The Balaban J connectivity index is 3.04. The number of rotatable bonds is 3. The molecule has 0 spiro atoms. The molecule has 3 atom stereocenters. The van der Waals surface area contributed by atoms with E-state index in [1.807, 2.05) is 0 Å². The Bertz CT molecular complexity index is 403. The van der Waals surface area contributed by atoms with Gasteiger partial charge in [-0.1, -0.05) is 5.92 Å². The van der Waals surface area contributed by atoms with Crippen LogP contribution < -0.4 is 0 Å². The smallest absolute Gasteiger partial charge is 0.321 e. The molecule has 0 heterocycles. The maximum absolute atomic E-state index is 11.7. The number of terminal acetylenes is 1. The van der Waals surface area contributed by atoms with Crippen LogP contribution in [0.15, 0.2) is 0 Å². The lowest BCUT2D eigenvalue weighted by Gasteiger charge is -2.41. The molecule has 0 amide bonds. The van der Waals surface area contributed by atoms with E-state index < -0.39 is 34.6 Å². The molecule has 18 heavy (non-hydrogen) atoms. The number of methoxy groups -OCH3 is 1.